The molecule has 6 atom stereocenters. The minimum absolute atomic E-state index is 0.144. The van der Waals surface area contributed by atoms with Crippen LogP contribution < -0.4 is 9.47 Å². The van der Waals surface area contributed by atoms with E-state index in [1.165, 1.54) is 32.4 Å². The van der Waals surface area contributed by atoms with E-state index in [4.69, 9.17) is 23.7 Å². The van der Waals surface area contributed by atoms with Gasteiger partial charge in [-0.15, -0.1) is 0 Å². The molecule has 1 aliphatic carbocycles. The van der Waals surface area contributed by atoms with Gasteiger partial charge in [0.25, 0.3) is 0 Å². The normalized spacial score (nSPS) is 28.8. The fourth-order valence-electron chi connectivity index (χ4n) is 5.08. The largest absolute Gasteiger partial charge is 0.502 e. The van der Waals surface area contributed by atoms with E-state index in [2.05, 4.69) is 0 Å². The van der Waals surface area contributed by atoms with E-state index in [0.717, 1.165) is 6.08 Å². The highest BCUT2D eigenvalue weighted by molar-refractivity contribution is 5.89. The molecule has 0 bridgehead atoms. The maximum Gasteiger partial charge on any atom is 0.332 e. The van der Waals surface area contributed by atoms with Gasteiger partial charge in [0.1, 0.15) is 31.0 Å². The smallest absolute Gasteiger partial charge is 0.332 e. The zero-order valence-corrected chi connectivity index (χ0v) is 22.5. The number of aliphatic hydroxyl groups is 3. The number of carboxylic acids is 1. The number of phenolic OH excluding ortho intramolecular Hbond substituents is 1. The zero-order chi connectivity index (χ0) is 29.1. The maximum atomic E-state index is 12.3. The summed E-state index contributed by atoms with van der Waals surface area (Å²) < 4.78 is 26.9. The second kappa shape index (κ2) is 12.3. The Labute approximate surface area is 226 Å². The van der Waals surface area contributed by atoms with Gasteiger partial charge in [-0.3, -0.25) is 0 Å². The number of aromatic hydroxyl groups is 1. The third-order valence-corrected chi connectivity index (χ3v) is 6.89. The van der Waals surface area contributed by atoms with Crippen LogP contribution in [0, 0.1) is 5.41 Å². The molecule has 3 rings (SSSR count). The summed E-state index contributed by atoms with van der Waals surface area (Å²) in [5, 5.41) is 50.8. The number of aliphatic carboxylic acids is 1. The van der Waals surface area contributed by atoms with E-state index >= 15 is 0 Å². The molecule has 5 N–H and O–H groups in total. The van der Waals surface area contributed by atoms with Gasteiger partial charge < -0.3 is 49.2 Å². The Kier molecular flexibility index (Phi) is 9.62. The molecule has 1 aromatic carbocycles. The Hall–Kier alpha value is -3.16. The van der Waals surface area contributed by atoms with Gasteiger partial charge >= 0.3 is 11.9 Å². The van der Waals surface area contributed by atoms with Gasteiger partial charge in [-0.25, -0.2) is 9.59 Å². The maximum absolute atomic E-state index is 12.3. The second-order valence-electron chi connectivity index (χ2n) is 10.3. The van der Waals surface area contributed by atoms with Crippen molar-refractivity contribution in [1.82, 2.24) is 0 Å². The molecule has 39 heavy (non-hydrogen) atoms. The van der Waals surface area contributed by atoms with Gasteiger partial charge in [-0.1, -0.05) is 19.4 Å². The van der Waals surface area contributed by atoms with Crippen LogP contribution in [0.4, 0.5) is 0 Å². The molecule has 2 aliphatic rings. The van der Waals surface area contributed by atoms with Crippen molar-refractivity contribution < 1.29 is 58.8 Å². The molecule has 12 heteroatoms. The number of aliphatic hydroxyl groups excluding tert-OH is 3. The SMILES string of the molecule is COc1cc(C=CC(=O)OCC2OC(OC3CC(C)=C(C(=O)O)C(C)(C)C3)C(O)C(O)C2O)cc(OC)c1O. The number of rotatable bonds is 9. The summed E-state index contributed by atoms with van der Waals surface area (Å²) in [5.74, 6) is -1.68. The number of methoxy groups -OCH3 is 2. The second-order valence-corrected chi connectivity index (χ2v) is 10.3. The summed E-state index contributed by atoms with van der Waals surface area (Å²) in [6.45, 7) is 4.82. The van der Waals surface area contributed by atoms with Crippen molar-refractivity contribution in [3.8, 4) is 17.2 Å². The first-order chi connectivity index (χ1) is 18.3. The molecular weight excluding hydrogens is 516 g/mol. The molecule has 1 aliphatic heterocycles. The Bertz CT molecular complexity index is 1100. The fraction of sp³-hybridized carbons (Fsp3) is 0.556. The number of carbonyl (C=O) groups is 2. The average Bonchev–Trinajstić information content (AvgIpc) is 2.86. The Morgan fingerprint density at radius 1 is 1.08 bits per heavy atom. The molecule has 0 amide bonds. The molecule has 0 spiro atoms. The number of benzene rings is 1. The lowest BCUT2D eigenvalue weighted by Gasteiger charge is -2.43. The Morgan fingerprint density at radius 3 is 2.23 bits per heavy atom. The van der Waals surface area contributed by atoms with Crippen molar-refractivity contribution in [3.05, 3.63) is 34.9 Å². The van der Waals surface area contributed by atoms with Crippen molar-refractivity contribution in [2.24, 2.45) is 5.41 Å². The predicted octanol–water partition coefficient (Wildman–Crippen LogP) is 1.38. The lowest BCUT2D eigenvalue weighted by atomic mass is 9.71. The Balaban J connectivity index is 1.64. The third-order valence-electron chi connectivity index (χ3n) is 6.89. The van der Waals surface area contributed by atoms with Crippen LogP contribution in [0.25, 0.3) is 6.08 Å². The molecule has 12 nitrogen and oxygen atoms in total. The van der Waals surface area contributed by atoms with E-state index in [-0.39, 0.29) is 23.7 Å². The summed E-state index contributed by atoms with van der Waals surface area (Å²) >= 11 is 0. The van der Waals surface area contributed by atoms with Crippen LogP contribution >= 0.6 is 0 Å². The van der Waals surface area contributed by atoms with E-state index in [9.17, 15) is 35.1 Å². The summed E-state index contributed by atoms with van der Waals surface area (Å²) in [5.41, 5.74) is 0.717. The van der Waals surface area contributed by atoms with Gasteiger partial charge in [-0.05, 0) is 49.0 Å². The average molecular weight is 553 g/mol. The first-order valence-electron chi connectivity index (χ1n) is 12.4. The quantitative estimate of drug-likeness (QED) is 0.220. The molecule has 1 heterocycles. The number of ether oxygens (including phenoxy) is 5. The lowest BCUT2D eigenvalue weighted by molar-refractivity contribution is -0.313. The van der Waals surface area contributed by atoms with Gasteiger partial charge in [-0.2, -0.15) is 0 Å². The molecule has 216 valence electrons. The molecule has 0 aromatic heterocycles. The lowest BCUT2D eigenvalue weighted by Crippen LogP contribution is -2.60. The third kappa shape index (κ3) is 6.89. The zero-order valence-electron chi connectivity index (χ0n) is 22.5. The van der Waals surface area contributed by atoms with Gasteiger partial charge in [0.15, 0.2) is 17.8 Å². The number of hydrogen-bond acceptors (Lipinski definition) is 11. The standard InChI is InChI=1S/C27H36O12/c1-13-8-15(11-27(2,3)20(13)25(33)34)38-26-24(32)23(31)22(30)18(39-26)12-37-19(28)7-6-14-9-16(35-4)21(29)17(10-14)36-5/h6-7,9-10,15,18,22-24,26,29-32H,8,11-12H2,1-5H3,(H,33,34). The van der Waals surface area contributed by atoms with Crippen molar-refractivity contribution in [2.45, 2.75) is 70.4 Å². The number of carbonyl (C=O) groups excluding carboxylic acids is 1. The predicted molar refractivity (Wildman–Crippen MR) is 136 cm³/mol. The van der Waals surface area contributed by atoms with E-state index in [1.54, 1.807) is 20.8 Å². The van der Waals surface area contributed by atoms with Crippen LogP contribution in [0.2, 0.25) is 0 Å². The van der Waals surface area contributed by atoms with Gasteiger partial charge in [0, 0.05) is 11.6 Å². The number of hydrogen-bond donors (Lipinski definition) is 5. The van der Waals surface area contributed by atoms with Gasteiger partial charge in [0.05, 0.1) is 20.3 Å². The van der Waals surface area contributed by atoms with Crippen LogP contribution in [0.1, 0.15) is 39.2 Å². The first-order valence-corrected chi connectivity index (χ1v) is 12.4. The van der Waals surface area contributed by atoms with Crippen molar-refractivity contribution in [2.75, 3.05) is 20.8 Å². The summed E-state index contributed by atoms with van der Waals surface area (Å²) in [7, 11) is 2.74. The topological polar surface area (TPSA) is 181 Å². The number of carboxylic acid groups (broad SMARTS) is 1. The molecule has 1 saturated heterocycles. The molecule has 1 aromatic rings. The molecule has 0 saturated carbocycles. The van der Waals surface area contributed by atoms with E-state index < -0.39 is 60.8 Å². The summed E-state index contributed by atoms with van der Waals surface area (Å²) in [6.07, 6.45) is -4.73. The first kappa shape index (κ1) is 30.4. The van der Waals surface area contributed by atoms with Crippen LogP contribution in [0.15, 0.2) is 29.4 Å². The van der Waals surface area contributed by atoms with Crippen LogP contribution in [0.5, 0.6) is 17.2 Å². The van der Waals surface area contributed by atoms with Crippen LogP contribution in [-0.4, -0.2) is 95.1 Å². The number of esters is 1. The number of phenols is 1. The van der Waals surface area contributed by atoms with E-state index in [1.807, 2.05) is 0 Å². The van der Waals surface area contributed by atoms with Gasteiger partial charge in [0.2, 0.25) is 5.75 Å². The highest BCUT2D eigenvalue weighted by Gasteiger charge is 2.47. The van der Waals surface area contributed by atoms with Crippen molar-refractivity contribution in [1.29, 1.82) is 0 Å². The molecule has 1 fully saturated rings. The highest BCUT2D eigenvalue weighted by atomic mass is 16.7. The molecule has 6 unspecified atom stereocenters. The Morgan fingerprint density at radius 2 is 1.69 bits per heavy atom. The van der Waals surface area contributed by atoms with Crippen LogP contribution in [-0.2, 0) is 23.8 Å². The minimum atomic E-state index is -1.64. The molecule has 0 radical (unpaired) electrons. The fourth-order valence-corrected chi connectivity index (χ4v) is 5.08. The summed E-state index contributed by atoms with van der Waals surface area (Å²) in [4.78, 5) is 24.0. The highest BCUT2D eigenvalue weighted by Crippen LogP contribution is 2.42. The van der Waals surface area contributed by atoms with Crippen molar-refractivity contribution in [3.63, 3.8) is 0 Å². The summed E-state index contributed by atoms with van der Waals surface area (Å²) in [6, 6.07) is 2.97. The molecular formula is C27H36O12. The monoisotopic (exact) mass is 552 g/mol. The van der Waals surface area contributed by atoms with Crippen LogP contribution in [0.3, 0.4) is 0 Å². The minimum Gasteiger partial charge on any atom is -0.502 e. The van der Waals surface area contributed by atoms with E-state index in [0.29, 0.717) is 23.1 Å². The van der Waals surface area contributed by atoms with Crippen molar-refractivity contribution >= 4 is 18.0 Å².